The van der Waals surface area contributed by atoms with E-state index in [1.54, 1.807) is 55.6 Å². The van der Waals surface area contributed by atoms with Crippen molar-refractivity contribution in [1.29, 1.82) is 0 Å². The van der Waals surface area contributed by atoms with Crippen molar-refractivity contribution in [2.24, 2.45) is 0 Å². The van der Waals surface area contributed by atoms with Gasteiger partial charge in [0.1, 0.15) is 0 Å². The number of hydrogen-bond donors (Lipinski definition) is 0. The number of benzene rings is 1. The number of carbonyl (C=O) groups excluding carboxylic acids is 2. The van der Waals surface area contributed by atoms with Gasteiger partial charge in [-0.3, -0.25) is 14.6 Å². The molecule has 102 valence electrons. The quantitative estimate of drug-likeness (QED) is 0.475. The highest BCUT2D eigenvalue weighted by molar-refractivity contribution is 6.12. The third-order valence-electron chi connectivity index (χ3n) is 2.83. The Bertz CT molecular complexity index is 581. The van der Waals surface area contributed by atoms with Crippen LogP contribution in [0, 0.1) is 0 Å². The molecule has 0 aliphatic carbocycles. The minimum atomic E-state index is -1.02. The molecule has 1 unspecified atom stereocenters. The zero-order valence-corrected chi connectivity index (χ0v) is 11.2. The minimum Gasteiger partial charge on any atom is -0.465 e. The van der Waals surface area contributed by atoms with Crippen LogP contribution in [-0.4, -0.2) is 23.3 Å². The van der Waals surface area contributed by atoms with E-state index in [-0.39, 0.29) is 12.4 Å². The summed E-state index contributed by atoms with van der Waals surface area (Å²) in [6.07, 6.45) is 1.56. The van der Waals surface area contributed by atoms with E-state index in [1.807, 2.05) is 6.07 Å². The molecule has 0 bridgehead atoms. The fourth-order valence-electron chi connectivity index (χ4n) is 1.90. The number of Topliss-reactive ketones (excluding diaryl/α,β-unsaturated/α-hetero) is 1. The van der Waals surface area contributed by atoms with Crippen LogP contribution < -0.4 is 0 Å². The molecular weight excluding hydrogens is 254 g/mol. The van der Waals surface area contributed by atoms with Crippen molar-refractivity contribution in [2.75, 3.05) is 6.61 Å². The van der Waals surface area contributed by atoms with Crippen molar-refractivity contribution in [3.63, 3.8) is 0 Å². The lowest BCUT2D eigenvalue weighted by Gasteiger charge is -2.14. The monoisotopic (exact) mass is 269 g/mol. The van der Waals surface area contributed by atoms with E-state index in [9.17, 15) is 9.59 Å². The van der Waals surface area contributed by atoms with Gasteiger partial charge >= 0.3 is 5.97 Å². The first-order valence-corrected chi connectivity index (χ1v) is 6.41. The van der Waals surface area contributed by atoms with Crippen molar-refractivity contribution in [3.8, 4) is 0 Å². The smallest absolute Gasteiger partial charge is 0.323 e. The summed E-state index contributed by atoms with van der Waals surface area (Å²) in [4.78, 5) is 28.7. The average Bonchev–Trinajstić information content (AvgIpc) is 2.50. The predicted molar refractivity (Wildman–Crippen MR) is 74.4 cm³/mol. The van der Waals surface area contributed by atoms with E-state index in [2.05, 4.69) is 4.98 Å². The van der Waals surface area contributed by atoms with Gasteiger partial charge in [-0.1, -0.05) is 36.4 Å². The molecule has 1 aromatic carbocycles. The minimum absolute atomic E-state index is 0.226. The SMILES string of the molecule is CCOC(=O)C(C(=O)c1ccccc1)c1ccccn1. The number of hydrogen-bond acceptors (Lipinski definition) is 4. The van der Waals surface area contributed by atoms with Gasteiger partial charge in [0.2, 0.25) is 0 Å². The van der Waals surface area contributed by atoms with Crippen molar-refractivity contribution < 1.29 is 14.3 Å². The Morgan fingerprint density at radius 2 is 1.80 bits per heavy atom. The molecule has 0 radical (unpaired) electrons. The maximum absolute atomic E-state index is 12.5. The van der Waals surface area contributed by atoms with Gasteiger partial charge in [-0.15, -0.1) is 0 Å². The van der Waals surface area contributed by atoms with Crippen LogP contribution in [0.2, 0.25) is 0 Å². The number of aromatic nitrogens is 1. The molecule has 2 aromatic rings. The highest BCUT2D eigenvalue weighted by Crippen LogP contribution is 2.21. The van der Waals surface area contributed by atoms with E-state index in [1.165, 1.54) is 0 Å². The fraction of sp³-hybridized carbons (Fsp3) is 0.188. The molecule has 0 saturated carbocycles. The van der Waals surface area contributed by atoms with Crippen molar-refractivity contribution in [2.45, 2.75) is 12.8 Å². The van der Waals surface area contributed by atoms with Crippen LogP contribution in [0.15, 0.2) is 54.7 Å². The normalized spacial score (nSPS) is 11.7. The molecule has 0 aliphatic heterocycles. The first kappa shape index (κ1) is 13.9. The lowest BCUT2D eigenvalue weighted by atomic mass is 9.94. The van der Waals surface area contributed by atoms with Gasteiger partial charge in [-0.05, 0) is 19.1 Å². The molecule has 0 N–H and O–H groups in total. The highest BCUT2D eigenvalue weighted by Gasteiger charge is 2.31. The molecule has 4 nitrogen and oxygen atoms in total. The molecule has 0 fully saturated rings. The van der Waals surface area contributed by atoms with Crippen LogP contribution in [-0.2, 0) is 9.53 Å². The van der Waals surface area contributed by atoms with Gasteiger partial charge in [0.05, 0.1) is 12.3 Å². The Balaban J connectivity index is 2.37. The van der Waals surface area contributed by atoms with Crippen molar-refractivity contribution in [3.05, 3.63) is 66.0 Å². The molecule has 0 saturated heterocycles. The largest absolute Gasteiger partial charge is 0.465 e. The Kier molecular flexibility index (Phi) is 4.60. The summed E-state index contributed by atoms with van der Waals surface area (Å²) >= 11 is 0. The maximum atomic E-state index is 12.5. The molecule has 0 spiro atoms. The van der Waals surface area contributed by atoms with Crippen molar-refractivity contribution >= 4 is 11.8 Å². The van der Waals surface area contributed by atoms with Gasteiger partial charge in [0.15, 0.2) is 11.7 Å². The standard InChI is InChI=1S/C16H15NO3/c1-2-20-16(19)14(13-10-6-7-11-17-13)15(18)12-8-4-3-5-9-12/h3-11,14H,2H2,1H3. The van der Waals surface area contributed by atoms with Crippen LogP contribution >= 0.6 is 0 Å². The second kappa shape index (κ2) is 6.61. The summed E-state index contributed by atoms with van der Waals surface area (Å²) in [5.41, 5.74) is 0.871. The van der Waals surface area contributed by atoms with Crippen LogP contribution in [0.5, 0.6) is 0 Å². The van der Waals surface area contributed by atoms with Crippen LogP contribution in [0.3, 0.4) is 0 Å². The third-order valence-corrected chi connectivity index (χ3v) is 2.83. The molecule has 2 rings (SSSR count). The summed E-state index contributed by atoms with van der Waals surface area (Å²) in [6.45, 7) is 1.94. The van der Waals surface area contributed by atoms with Crippen molar-refractivity contribution in [1.82, 2.24) is 4.98 Å². The Morgan fingerprint density at radius 3 is 2.40 bits per heavy atom. The number of ketones is 1. The second-order valence-electron chi connectivity index (χ2n) is 4.17. The van der Waals surface area contributed by atoms with Crippen LogP contribution in [0.1, 0.15) is 28.9 Å². The fourth-order valence-corrected chi connectivity index (χ4v) is 1.90. The number of carbonyl (C=O) groups is 2. The lowest BCUT2D eigenvalue weighted by molar-refractivity contribution is -0.143. The van der Waals surface area contributed by atoms with Crippen LogP contribution in [0.25, 0.3) is 0 Å². The number of pyridine rings is 1. The molecule has 0 amide bonds. The topological polar surface area (TPSA) is 56.3 Å². The zero-order chi connectivity index (χ0) is 14.4. The van der Waals surface area contributed by atoms with Gasteiger partial charge in [0.25, 0.3) is 0 Å². The average molecular weight is 269 g/mol. The Labute approximate surface area is 117 Å². The molecular formula is C16H15NO3. The molecule has 1 atom stereocenters. The molecule has 1 heterocycles. The first-order chi connectivity index (χ1) is 9.74. The summed E-state index contributed by atoms with van der Waals surface area (Å²) in [5, 5.41) is 0. The van der Waals surface area contributed by atoms with E-state index < -0.39 is 11.9 Å². The van der Waals surface area contributed by atoms with E-state index in [0.29, 0.717) is 11.3 Å². The number of esters is 1. The van der Waals surface area contributed by atoms with Gasteiger partial charge in [-0.2, -0.15) is 0 Å². The zero-order valence-electron chi connectivity index (χ0n) is 11.2. The number of rotatable bonds is 5. The van der Waals surface area contributed by atoms with Gasteiger partial charge in [0, 0.05) is 11.8 Å². The third kappa shape index (κ3) is 3.09. The summed E-state index contributed by atoms with van der Waals surface area (Å²) < 4.78 is 5.00. The van der Waals surface area contributed by atoms with Gasteiger partial charge < -0.3 is 4.74 Å². The summed E-state index contributed by atoms with van der Waals surface area (Å²) in [5.74, 6) is -1.89. The maximum Gasteiger partial charge on any atom is 0.323 e. The Morgan fingerprint density at radius 1 is 1.10 bits per heavy atom. The molecule has 1 aromatic heterocycles. The van der Waals surface area contributed by atoms with E-state index in [4.69, 9.17) is 4.74 Å². The second-order valence-corrected chi connectivity index (χ2v) is 4.17. The highest BCUT2D eigenvalue weighted by atomic mass is 16.5. The van der Waals surface area contributed by atoms with E-state index in [0.717, 1.165) is 0 Å². The molecule has 4 heteroatoms. The number of ether oxygens (including phenoxy) is 1. The van der Waals surface area contributed by atoms with Crippen LogP contribution in [0.4, 0.5) is 0 Å². The lowest BCUT2D eigenvalue weighted by Crippen LogP contribution is -2.25. The first-order valence-electron chi connectivity index (χ1n) is 6.41. The summed E-state index contributed by atoms with van der Waals surface area (Å²) in [6, 6.07) is 13.8. The van der Waals surface area contributed by atoms with E-state index >= 15 is 0 Å². The van der Waals surface area contributed by atoms with Gasteiger partial charge in [-0.25, -0.2) is 0 Å². The molecule has 20 heavy (non-hydrogen) atoms. The summed E-state index contributed by atoms with van der Waals surface area (Å²) in [7, 11) is 0. The predicted octanol–water partition coefficient (Wildman–Crippen LogP) is 2.61. The molecule has 0 aliphatic rings. The Hall–Kier alpha value is -2.49. The number of nitrogens with zero attached hydrogens (tertiary/aromatic N) is 1.